The molecule has 0 fully saturated rings. The molecule has 2 heterocycles. The van der Waals surface area contributed by atoms with Crippen molar-refractivity contribution in [2.24, 2.45) is 0 Å². The van der Waals surface area contributed by atoms with E-state index in [0.717, 1.165) is 93.9 Å². The normalized spacial score (nSPS) is 14.1. The molecule has 9 aromatic rings. The van der Waals surface area contributed by atoms with Gasteiger partial charge in [-0.25, -0.2) is 0 Å². The first kappa shape index (κ1) is 34.9. The van der Waals surface area contributed by atoms with Crippen LogP contribution in [0, 0.1) is 34.6 Å². The lowest BCUT2D eigenvalue weighted by atomic mass is 9.94. The Balaban J connectivity index is 1.29. The molecular formula is C53H41N4O2+. The van der Waals surface area contributed by atoms with Crippen LogP contribution in [0.15, 0.2) is 157 Å². The van der Waals surface area contributed by atoms with Crippen LogP contribution in [0.2, 0.25) is 0 Å². The van der Waals surface area contributed by atoms with Gasteiger partial charge in [0.05, 0.1) is 11.4 Å². The molecule has 0 atom stereocenters. The summed E-state index contributed by atoms with van der Waals surface area (Å²) in [5.41, 5.74) is 9.24. The van der Waals surface area contributed by atoms with Crippen molar-refractivity contribution in [3.05, 3.63) is 196 Å². The number of ketones is 2. The van der Waals surface area contributed by atoms with Crippen molar-refractivity contribution in [2.45, 2.75) is 34.6 Å². The Labute approximate surface area is 342 Å². The van der Waals surface area contributed by atoms with E-state index in [4.69, 9.17) is 0 Å². The molecule has 0 bridgehead atoms. The summed E-state index contributed by atoms with van der Waals surface area (Å²) < 4.78 is 4.16. The minimum atomic E-state index is -0.186. The van der Waals surface area contributed by atoms with Crippen molar-refractivity contribution in [2.75, 3.05) is 16.5 Å². The van der Waals surface area contributed by atoms with Gasteiger partial charge < -0.3 is 9.80 Å². The van der Waals surface area contributed by atoms with Crippen LogP contribution in [-0.2, 0) is 0 Å². The number of hydrogen-bond acceptors (Lipinski definition) is 4. The molecular weight excluding hydrogens is 725 g/mol. The second-order valence-electron chi connectivity index (χ2n) is 16.1. The molecule has 0 saturated heterocycles. The topological polar surface area (TPSA) is 49.4 Å². The molecule has 0 amide bonds. The fourth-order valence-electron chi connectivity index (χ4n) is 9.96. The average Bonchev–Trinajstić information content (AvgIpc) is 3.78. The highest BCUT2D eigenvalue weighted by molar-refractivity contribution is 6.29. The van der Waals surface area contributed by atoms with Gasteiger partial charge in [0.15, 0.2) is 0 Å². The summed E-state index contributed by atoms with van der Waals surface area (Å²) in [6.45, 7) is 10.7. The van der Waals surface area contributed by atoms with E-state index in [2.05, 4.69) is 144 Å². The van der Waals surface area contributed by atoms with Crippen molar-refractivity contribution in [1.29, 1.82) is 0 Å². The van der Waals surface area contributed by atoms with Gasteiger partial charge in [-0.1, -0.05) is 146 Å². The van der Waals surface area contributed by atoms with Crippen LogP contribution in [0.3, 0.4) is 0 Å². The van der Waals surface area contributed by atoms with Gasteiger partial charge in [-0.2, -0.15) is 9.13 Å². The first-order chi connectivity index (χ1) is 28.7. The maximum absolute atomic E-state index is 16.3. The lowest BCUT2D eigenvalue weighted by Crippen LogP contribution is -2.43. The monoisotopic (exact) mass is 765 g/mol. The van der Waals surface area contributed by atoms with Gasteiger partial charge in [-0.15, -0.1) is 0 Å². The molecule has 6 heteroatoms. The molecule has 6 nitrogen and oxygen atoms in total. The fourth-order valence-corrected chi connectivity index (χ4v) is 9.96. The lowest BCUT2D eigenvalue weighted by Gasteiger charge is -2.28. The van der Waals surface area contributed by atoms with Crippen LogP contribution >= 0.6 is 0 Å². The number of allylic oxidation sites excluding steroid dienone is 2. The van der Waals surface area contributed by atoms with Crippen LogP contribution in [0.25, 0.3) is 54.5 Å². The fraction of sp³-hybridized carbons (Fsp3) is 0.113. The highest BCUT2D eigenvalue weighted by atomic mass is 16.1. The highest BCUT2D eigenvalue weighted by Gasteiger charge is 2.53. The number of nitrogens with zero attached hydrogens (tertiary/aromatic N) is 4. The quantitative estimate of drug-likeness (QED) is 0.167. The number of aryl methyl sites for hydroxylation is 4. The van der Waals surface area contributed by atoms with Crippen molar-refractivity contribution in [3.63, 3.8) is 0 Å². The van der Waals surface area contributed by atoms with E-state index >= 15 is 9.59 Å². The minimum absolute atomic E-state index is 0.186. The number of hydrogen-bond donors (Lipinski definition) is 0. The Kier molecular flexibility index (Phi) is 7.60. The second kappa shape index (κ2) is 12.9. The van der Waals surface area contributed by atoms with Gasteiger partial charge in [0.1, 0.15) is 29.4 Å². The molecule has 1 aliphatic carbocycles. The molecule has 0 radical (unpaired) electrons. The van der Waals surface area contributed by atoms with E-state index in [1.807, 2.05) is 55.5 Å². The van der Waals surface area contributed by atoms with E-state index in [1.54, 1.807) is 0 Å². The SMILES string of the molecule is Cc1ccc2ccccc2c1N1CN(c2c(C)ccc3ccccc23)C2=C1C(=O)c1c([n+](-c3c(C)ccc4ccccc34)c(C)n1-c1c(C)ccc3ccccc13)C2=O. The van der Waals surface area contributed by atoms with Crippen molar-refractivity contribution >= 4 is 66.0 Å². The molecule has 0 spiro atoms. The number of carbonyl (C=O) groups is 2. The first-order valence-corrected chi connectivity index (χ1v) is 20.2. The number of rotatable bonds is 4. The van der Waals surface area contributed by atoms with Crippen molar-refractivity contribution < 1.29 is 14.2 Å². The maximum atomic E-state index is 16.3. The standard InChI is InChI=1S/C53H41N4O2/c1-31-22-26-36-14-6-10-18-40(36)44(31)54-30-55(45-32(2)23-27-37-15-7-11-19-41(37)45)49-48(54)52(58)50-51(53(49)59)57(47-34(4)25-29-39-17-9-13-21-43(39)47)35(5)56(50)46-33(3)24-28-38-16-8-12-20-42(38)46/h6-29H,30H2,1-5H3/q+1. The summed E-state index contributed by atoms with van der Waals surface area (Å²) in [5, 5.41) is 8.33. The zero-order valence-electron chi connectivity index (χ0n) is 33.7. The number of fused-ring (bicyclic) bond motifs is 5. The van der Waals surface area contributed by atoms with E-state index in [1.165, 1.54) is 0 Å². The average molecular weight is 766 g/mol. The predicted octanol–water partition coefficient (Wildman–Crippen LogP) is 11.5. The zero-order valence-corrected chi connectivity index (χ0v) is 33.7. The largest absolute Gasteiger partial charge is 0.317 e. The third-order valence-corrected chi connectivity index (χ3v) is 12.6. The van der Waals surface area contributed by atoms with E-state index in [-0.39, 0.29) is 18.2 Å². The number of anilines is 2. The predicted molar refractivity (Wildman–Crippen MR) is 239 cm³/mol. The van der Waals surface area contributed by atoms with Crippen LogP contribution in [0.4, 0.5) is 11.4 Å². The van der Waals surface area contributed by atoms with Gasteiger partial charge in [-0.05, 0) is 71.5 Å². The Hall–Kier alpha value is -7.31. The lowest BCUT2D eigenvalue weighted by molar-refractivity contribution is -0.602. The Morgan fingerprint density at radius 2 is 0.814 bits per heavy atom. The number of aromatic nitrogens is 2. The van der Waals surface area contributed by atoms with Gasteiger partial charge in [0.25, 0.3) is 17.4 Å². The Morgan fingerprint density at radius 1 is 0.424 bits per heavy atom. The second-order valence-corrected chi connectivity index (χ2v) is 16.1. The molecule has 2 aliphatic rings. The summed E-state index contributed by atoms with van der Waals surface area (Å²) >= 11 is 0. The summed E-state index contributed by atoms with van der Waals surface area (Å²) in [7, 11) is 0. The summed E-state index contributed by atoms with van der Waals surface area (Å²) in [6.07, 6.45) is 0. The first-order valence-electron chi connectivity index (χ1n) is 20.2. The molecule has 284 valence electrons. The number of Topliss-reactive ketones (excluding diaryl/α,β-unsaturated/α-hetero) is 2. The minimum Gasteiger partial charge on any atom is -0.317 e. The number of benzene rings is 8. The highest BCUT2D eigenvalue weighted by Crippen LogP contribution is 2.46. The Morgan fingerprint density at radius 3 is 1.32 bits per heavy atom. The van der Waals surface area contributed by atoms with Crippen molar-refractivity contribution in [1.82, 2.24) is 4.57 Å². The molecule has 0 N–H and O–H groups in total. The molecule has 11 rings (SSSR count). The zero-order chi connectivity index (χ0) is 40.3. The van der Waals surface area contributed by atoms with Gasteiger partial charge in [-0.3, -0.25) is 9.59 Å². The maximum Gasteiger partial charge on any atom is 0.264 e. The Bertz CT molecular complexity index is 3150. The van der Waals surface area contributed by atoms with E-state index < -0.39 is 0 Å². The molecule has 8 aromatic carbocycles. The third-order valence-electron chi connectivity index (χ3n) is 12.6. The summed E-state index contributed by atoms with van der Waals surface area (Å²) in [5.74, 6) is 0.404. The molecule has 0 unspecified atom stereocenters. The molecule has 1 aromatic heterocycles. The molecule has 0 saturated carbocycles. The smallest absolute Gasteiger partial charge is 0.264 e. The van der Waals surface area contributed by atoms with Crippen LogP contribution < -0.4 is 14.4 Å². The van der Waals surface area contributed by atoms with Crippen molar-refractivity contribution in [3.8, 4) is 11.4 Å². The molecule has 1 aliphatic heterocycles. The molecule has 59 heavy (non-hydrogen) atoms. The number of carbonyl (C=O) groups excluding carboxylic acids is 2. The van der Waals surface area contributed by atoms with Crippen LogP contribution in [-0.4, -0.2) is 22.8 Å². The van der Waals surface area contributed by atoms with E-state index in [9.17, 15) is 0 Å². The van der Waals surface area contributed by atoms with Gasteiger partial charge in [0.2, 0.25) is 11.4 Å². The van der Waals surface area contributed by atoms with Gasteiger partial charge in [0, 0.05) is 28.5 Å². The number of imidazole rings is 1. The van der Waals surface area contributed by atoms with Crippen LogP contribution in [0.1, 0.15) is 49.1 Å². The third kappa shape index (κ3) is 4.89. The summed E-state index contributed by atoms with van der Waals surface area (Å²) in [6, 6.07) is 50.2. The van der Waals surface area contributed by atoms with E-state index in [0.29, 0.717) is 22.8 Å². The van der Waals surface area contributed by atoms with Crippen LogP contribution in [0.5, 0.6) is 0 Å². The van der Waals surface area contributed by atoms with Gasteiger partial charge >= 0.3 is 0 Å². The summed E-state index contributed by atoms with van der Waals surface area (Å²) in [4.78, 5) is 36.8.